The minimum absolute atomic E-state index is 0.0117. The molecule has 3 atom stereocenters. The van der Waals surface area contributed by atoms with Gasteiger partial charge in [-0.2, -0.15) is 5.10 Å². The number of hydrogen-bond acceptors (Lipinski definition) is 5. The summed E-state index contributed by atoms with van der Waals surface area (Å²) in [5.41, 5.74) is 7.23. The van der Waals surface area contributed by atoms with Gasteiger partial charge in [0.25, 0.3) is 0 Å². The van der Waals surface area contributed by atoms with E-state index in [2.05, 4.69) is 20.4 Å². The summed E-state index contributed by atoms with van der Waals surface area (Å²) in [4.78, 5) is 14.7. The number of hydrogen-bond donors (Lipinski definition) is 2. The van der Waals surface area contributed by atoms with E-state index in [0.717, 1.165) is 30.8 Å². The Kier molecular flexibility index (Phi) is 5.60. The molecule has 1 saturated heterocycles. The molecule has 6 heteroatoms. The first-order valence-electron chi connectivity index (χ1n) is 8.79. The topological polar surface area (TPSA) is 84.1 Å². The molecule has 25 heavy (non-hydrogen) atoms. The smallest absolute Gasteiger partial charge is 0.224 e. The van der Waals surface area contributed by atoms with E-state index in [1.807, 2.05) is 49.4 Å². The molecule has 3 N–H and O–H groups in total. The zero-order valence-corrected chi connectivity index (χ0v) is 14.5. The van der Waals surface area contributed by atoms with E-state index in [9.17, 15) is 4.79 Å². The molecule has 0 bridgehead atoms. The zero-order valence-electron chi connectivity index (χ0n) is 14.5. The molecule has 1 aromatic carbocycles. The van der Waals surface area contributed by atoms with Gasteiger partial charge < -0.3 is 16.0 Å². The van der Waals surface area contributed by atoms with Crippen LogP contribution in [0, 0.1) is 5.92 Å². The first-order valence-corrected chi connectivity index (χ1v) is 8.79. The summed E-state index contributed by atoms with van der Waals surface area (Å²) in [6.07, 6.45) is 3.80. The lowest BCUT2D eigenvalue weighted by atomic mass is 9.94. The quantitative estimate of drug-likeness (QED) is 0.840. The number of rotatable bonds is 6. The summed E-state index contributed by atoms with van der Waals surface area (Å²) in [5, 5.41) is 11.2. The summed E-state index contributed by atoms with van der Waals surface area (Å²) >= 11 is 0. The first kappa shape index (κ1) is 17.4. The van der Waals surface area contributed by atoms with Gasteiger partial charge in [0.05, 0.1) is 5.92 Å². The van der Waals surface area contributed by atoms with Crippen molar-refractivity contribution in [1.29, 1.82) is 0 Å². The molecular weight excluding hydrogens is 314 g/mol. The van der Waals surface area contributed by atoms with Crippen LogP contribution in [-0.4, -0.2) is 35.2 Å². The summed E-state index contributed by atoms with van der Waals surface area (Å²) in [6.45, 7) is 3.42. The molecule has 0 saturated carbocycles. The standard InChI is InChI=1S/C19H25N5O/c1-14(18(20)15-7-3-2-4-8-15)19(25)21-13-16-9-6-12-24(16)17-10-5-11-22-23-17/h2-5,7-8,10-11,14,16,18H,6,9,12-13,20H2,1H3,(H,21,25). The second-order valence-corrected chi connectivity index (χ2v) is 6.54. The van der Waals surface area contributed by atoms with Gasteiger partial charge in [-0.15, -0.1) is 5.10 Å². The van der Waals surface area contributed by atoms with Crippen LogP contribution in [0.1, 0.15) is 31.4 Å². The van der Waals surface area contributed by atoms with Crippen molar-refractivity contribution in [3.63, 3.8) is 0 Å². The Morgan fingerprint density at radius 3 is 2.84 bits per heavy atom. The minimum Gasteiger partial charge on any atom is -0.354 e. The van der Waals surface area contributed by atoms with E-state index >= 15 is 0 Å². The predicted molar refractivity (Wildman–Crippen MR) is 97.9 cm³/mol. The highest BCUT2D eigenvalue weighted by molar-refractivity contribution is 5.79. The van der Waals surface area contributed by atoms with Crippen molar-refractivity contribution in [1.82, 2.24) is 15.5 Å². The molecule has 6 nitrogen and oxygen atoms in total. The van der Waals surface area contributed by atoms with Crippen molar-refractivity contribution < 1.29 is 4.79 Å². The zero-order chi connectivity index (χ0) is 17.6. The third-order valence-corrected chi connectivity index (χ3v) is 4.88. The van der Waals surface area contributed by atoms with Crippen LogP contribution in [0.2, 0.25) is 0 Å². The number of anilines is 1. The maximum atomic E-state index is 12.5. The van der Waals surface area contributed by atoms with Crippen molar-refractivity contribution in [3.8, 4) is 0 Å². The van der Waals surface area contributed by atoms with Crippen molar-refractivity contribution in [3.05, 3.63) is 54.2 Å². The highest BCUT2D eigenvalue weighted by Crippen LogP contribution is 2.23. The molecule has 0 spiro atoms. The maximum absolute atomic E-state index is 12.5. The van der Waals surface area contributed by atoms with Gasteiger partial charge in [0.2, 0.25) is 5.91 Å². The number of carbonyl (C=O) groups excluding carboxylic acids is 1. The van der Waals surface area contributed by atoms with Gasteiger partial charge in [0.1, 0.15) is 0 Å². The normalized spacial score (nSPS) is 19.4. The molecule has 132 valence electrons. The molecule has 0 radical (unpaired) electrons. The lowest BCUT2D eigenvalue weighted by Crippen LogP contribution is -2.43. The van der Waals surface area contributed by atoms with Crippen LogP contribution in [0.3, 0.4) is 0 Å². The van der Waals surface area contributed by atoms with Crippen LogP contribution in [0.25, 0.3) is 0 Å². The Hall–Kier alpha value is -2.47. The summed E-state index contributed by atoms with van der Waals surface area (Å²) in [6, 6.07) is 13.5. The van der Waals surface area contributed by atoms with Crippen molar-refractivity contribution in [2.75, 3.05) is 18.0 Å². The van der Waals surface area contributed by atoms with Crippen LogP contribution >= 0.6 is 0 Å². The van der Waals surface area contributed by atoms with Crippen molar-refractivity contribution in [2.24, 2.45) is 11.7 Å². The maximum Gasteiger partial charge on any atom is 0.224 e. The van der Waals surface area contributed by atoms with E-state index in [4.69, 9.17) is 5.73 Å². The van der Waals surface area contributed by atoms with E-state index < -0.39 is 0 Å². The second-order valence-electron chi connectivity index (χ2n) is 6.54. The average Bonchev–Trinajstić information content (AvgIpc) is 3.15. The Balaban J connectivity index is 1.56. The van der Waals surface area contributed by atoms with E-state index in [-0.39, 0.29) is 23.9 Å². The van der Waals surface area contributed by atoms with Gasteiger partial charge in [-0.1, -0.05) is 37.3 Å². The predicted octanol–water partition coefficient (Wildman–Crippen LogP) is 1.90. The van der Waals surface area contributed by atoms with Gasteiger partial charge in [0, 0.05) is 31.4 Å². The molecule has 1 fully saturated rings. The highest BCUT2D eigenvalue weighted by atomic mass is 16.1. The second kappa shape index (κ2) is 8.07. The fourth-order valence-electron chi connectivity index (χ4n) is 3.30. The number of carbonyl (C=O) groups is 1. The van der Waals surface area contributed by atoms with Crippen LogP contribution in [-0.2, 0) is 4.79 Å². The number of amides is 1. The fraction of sp³-hybridized carbons (Fsp3) is 0.421. The SMILES string of the molecule is CC(C(=O)NCC1CCCN1c1cccnn1)C(N)c1ccccc1. The summed E-state index contributed by atoms with van der Waals surface area (Å²) < 4.78 is 0. The van der Waals surface area contributed by atoms with Crippen LogP contribution in [0.15, 0.2) is 48.7 Å². The van der Waals surface area contributed by atoms with Gasteiger partial charge >= 0.3 is 0 Å². The largest absolute Gasteiger partial charge is 0.354 e. The van der Waals surface area contributed by atoms with Gasteiger partial charge in [0.15, 0.2) is 5.82 Å². The van der Waals surface area contributed by atoms with Crippen LogP contribution in [0.5, 0.6) is 0 Å². The van der Waals surface area contributed by atoms with Crippen LogP contribution in [0.4, 0.5) is 5.82 Å². The summed E-state index contributed by atoms with van der Waals surface area (Å²) in [5.74, 6) is 0.574. The van der Waals surface area contributed by atoms with Crippen molar-refractivity contribution >= 4 is 11.7 Å². The number of benzene rings is 1. The number of aromatic nitrogens is 2. The molecular formula is C19H25N5O. The number of nitrogens with one attached hydrogen (secondary N) is 1. The minimum atomic E-state index is -0.305. The third kappa shape index (κ3) is 4.14. The van der Waals surface area contributed by atoms with Gasteiger partial charge in [-0.05, 0) is 30.5 Å². The Labute approximate surface area is 148 Å². The molecule has 1 aliphatic heterocycles. The lowest BCUT2D eigenvalue weighted by Gasteiger charge is -2.26. The molecule has 0 aliphatic carbocycles. The first-order chi connectivity index (χ1) is 12.2. The average molecular weight is 339 g/mol. The Morgan fingerprint density at radius 1 is 1.32 bits per heavy atom. The van der Waals surface area contributed by atoms with Gasteiger partial charge in [-0.25, -0.2) is 0 Å². The molecule has 1 amide bonds. The molecule has 3 unspecified atom stereocenters. The summed E-state index contributed by atoms with van der Waals surface area (Å²) in [7, 11) is 0. The molecule has 1 aliphatic rings. The van der Waals surface area contributed by atoms with Crippen molar-refractivity contribution in [2.45, 2.75) is 31.8 Å². The molecule has 2 heterocycles. The van der Waals surface area contributed by atoms with Gasteiger partial charge in [-0.3, -0.25) is 4.79 Å². The molecule has 3 rings (SSSR count). The highest BCUT2D eigenvalue weighted by Gasteiger charge is 2.28. The van der Waals surface area contributed by atoms with E-state index in [1.54, 1.807) is 6.20 Å². The molecule has 1 aromatic heterocycles. The molecule has 2 aromatic rings. The monoisotopic (exact) mass is 339 g/mol. The van der Waals surface area contributed by atoms with Crippen LogP contribution < -0.4 is 16.0 Å². The number of nitrogens with zero attached hydrogens (tertiary/aromatic N) is 3. The Morgan fingerprint density at radius 2 is 2.12 bits per heavy atom. The fourth-order valence-corrected chi connectivity index (χ4v) is 3.30. The van der Waals surface area contributed by atoms with E-state index in [0.29, 0.717) is 6.54 Å². The third-order valence-electron chi connectivity index (χ3n) is 4.88. The lowest BCUT2D eigenvalue weighted by molar-refractivity contribution is -0.125. The number of nitrogens with two attached hydrogens (primary N) is 1. The van der Waals surface area contributed by atoms with E-state index in [1.165, 1.54) is 0 Å². The Bertz CT molecular complexity index is 679.